The summed E-state index contributed by atoms with van der Waals surface area (Å²) in [7, 11) is 0. The fraction of sp³-hybridized carbons (Fsp3) is 0.714. The van der Waals surface area contributed by atoms with Gasteiger partial charge in [0.25, 0.3) is 0 Å². The average molecular weight is 246 g/mol. The number of anilines is 2. The largest absolute Gasteiger partial charge is 0.384 e. The second-order valence-electron chi connectivity index (χ2n) is 6.13. The van der Waals surface area contributed by atoms with Gasteiger partial charge in [0.2, 0.25) is 0 Å². The van der Waals surface area contributed by atoms with Gasteiger partial charge in [0, 0.05) is 25.1 Å². The van der Waals surface area contributed by atoms with Gasteiger partial charge in [-0.3, -0.25) is 0 Å². The summed E-state index contributed by atoms with van der Waals surface area (Å²) in [4.78, 5) is 11.5. The molecular weight excluding hydrogens is 224 g/mol. The first-order valence-corrected chi connectivity index (χ1v) is 7.01. The van der Waals surface area contributed by atoms with E-state index in [-0.39, 0.29) is 0 Å². The van der Waals surface area contributed by atoms with Gasteiger partial charge in [-0.2, -0.15) is 0 Å². The predicted molar refractivity (Wildman–Crippen MR) is 73.6 cm³/mol. The molecule has 2 heterocycles. The molecule has 0 bridgehead atoms. The minimum Gasteiger partial charge on any atom is -0.384 e. The zero-order valence-electron chi connectivity index (χ0n) is 11.3. The van der Waals surface area contributed by atoms with Crippen molar-refractivity contribution in [1.82, 2.24) is 9.97 Å². The highest BCUT2D eigenvalue weighted by Crippen LogP contribution is 2.39. The van der Waals surface area contributed by atoms with Crippen molar-refractivity contribution in [2.24, 2.45) is 11.8 Å². The molecule has 1 saturated heterocycles. The third-order valence-corrected chi connectivity index (χ3v) is 3.89. The van der Waals surface area contributed by atoms with Crippen molar-refractivity contribution in [2.75, 3.05) is 23.7 Å². The summed E-state index contributed by atoms with van der Waals surface area (Å²) in [5.41, 5.74) is 5.92. The Morgan fingerprint density at radius 1 is 1.17 bits per heavy atom. The molecule has 2 N–H and O–H groups in total. The summed E-state index contributed by atoms with van der Waals surface area (Å²) in [5.74, 6) is 4.63. The van der Waals surface area contributed by atoms with E-state index < -0.39 is 0 Å². The molecule has 1 saturated carbocycles. The molecule has 2 aliphatic rings. The number of nitrogens with zero attached hydrogens (tertiary/aromatic N) is 3. The van der Waals surface area contributed by atoms with Gasteiger partial charge in [0.05, 0.1) is 0 Å². The first kappa shape index (κ1) is 11.8. The topological polar surface area (TPSA) is 55.0 Å². The number of hydrogen-bond donors (Lipinski definition) is 1. The van der Waals surface area contributed by atoms with E-state index in [4.69, 9.17) is 10.7 Å². The monoisotopic (exact) mass is 246 g/mol. The van der Waals surface area contributed by atoms with Gasteiger partial charge in [0.1, 0.15) is 17.5 Å². The van der Waals surface area contributed by atoms with Crippen molar-refractivity contribution in [3.63, 3.8) is 0 Å². The Morgan fingerprint density at radius 2 is 1.83 bits per heavy atom. The van der Waals surface area contributed by atoms with E-state index >= 15 is 0 Å². The minimum atomic E-state index is 0.562. The molecule has 2 atom stereocenters. The van der Waals surface area contributed by atoms with Gasteiger partial charge in [-0.25, -0.2) is 9.97 Å². The zero-order valence-corrected chi connectivity index (χ0v) is 11.3. The van der Waals surface area contributed by atoms with Gasteiger partial charge in [-0.1, -0.05) is 13.8 Å². The smallest absolute Gasteiger partial charge is 0.136 e. The van der Waals surface area contributed by atoms with Crippen LogP contribution in [0.25, 0.3) is 0 Å². The highest BCUT2D eigenvalue weighted by atomic mass is 15.2. The second kappa shape index (κ2) is 4.41. The Morgan fingerprint density at radius 3 is 2.44 bits per heavy atom. The molecule has 1 aliphatic heterocycles. The molecule has 2 fully saturated rings. The summed E-state index contributed by atoms with van der Waals surface area (Å²) in [6.45, 7) is 6.81. The van der Waals surface area contributed by atoms with Crippen molar-refractivity contribution in [3.8, 4) is 0 Å². The van der Waals surface area contributed by atoms with Crippen LogP contribution in [0.2, 0.25) is 0 Å². The van der Waals surface area contributed by atoms with E-state index in [0.717, 1.165) is 36.6 Å². The first-order valence-electron chi connectivity index (χ1n) is 7.01. The van der Waals surface area contributed by atoms with Crippen molar-refractivity contribution in [3.05, 3.63) is 11.9 Å². The molecule has 98 valence electrons. The molecule has 4 heteroatoms. The van der Waals surface area contributed by atoms with Crippen LogP contribution < -0.4 is 10.6 Å². The Kier molecular flexibility index (Phi) is 2.88. The number of piperidine rings is 1. The van der Waals surface area contributed by atoms with Gasteiger partial charge >= 0.3 is 0 Å². The van der Waals surface area contributed by atoms with E-state index in [1.54, 1.807) is 0 Å². The standard InChI is InChI=1S/C14H22N4/c1-9-5-10(2)8-18(7-9)13-6-12(15)16-14(17-13)11-3-4-11/h6,9-11H,3-5,7-8H2,1-2H3,(H2,15,16,17). The second-order valence-corrected chi connectivity index (χ2v) is 6.13. The predicted octanol–water partition coefficient (Wildman–Crippen LogP) is 2.42. The van der Waals surface area contributed by atoms with Crippen LogP contribution in [0.4, 0.5) is 11.6 Å². The van der Waals surface area contributed by atoms with Crippen molar-refractivity contribution in [2.45, 2.75) is 39.0 Å². The SMILES string of the molecule is CC1CC(C)CN(c2cc(N)nc(C3CC3)n2)C1. The van der Waals surface area contributed by atoms with Crippen LogP contribution in [0.1, 0.15) is 44.9 Å². The summed E-state index contributed by atoms with van der Waals surface area (Å²) < 4.78 is 0. The normalized spacial score (nSPS) is 28.4. The third-order valence-electron chi connectivity index (χ3n) is 3.89. The van der Waals surface area contributed by atoms with Crippen molar-refractivity contribution >= 4 is 11.6 Å². The van der Waals surface area contributed by atoms with Crippen molar-refractivity contribution in [1.29, 1.82) is 0 Å². The maximum absolute atomic E-state index is 5.92. The molecule has 1 aromatic heterocycles. The lowest BCUT2D eigenvalue weighted by atomic mass is 9.92. The molecular formula is C14H22N4. The number of rotatable bonds is 2. The average Bonchev–Trinajstić information content (AvgIpc) is 3.10. The number of nitrogen functional groups attached to an aromatic ring is 1. The maximum atomic E-state index is 5.92. The van der Waals surface area contributed by atoms with Crippen LogP contribution in [-0.4, -0.2) is 23.1 Å². The minimum absolute atomic E-state index is 0.562. The first-order chi connectivity index (χ1) is 8.61. The summed E-state index contributed by atoms with van der Waals surface area (Å²) in [5, 5.41) is 0. The molecule has 2 unspecified atom stereocenters. The molecule has 1 aliphatic carbocycles. The molecule has 1 aromatic rings. The lowest BCUT2D eigenvalue weighted by Gasteiger charge is -2.35. The molecule has 4 nitrogen and oxygen atoms in total. The van der Waals surface area contributed by atoms with Crippen LogP contribution in [0, 0.1) is 11.8 Å². The highest BCUT2D eigenvalue weighted by molar-refractivity contribution is 5.48. The van der Waals surface area contributed by atoms with Crippen LogP contribution in [0.15, 0.2) is 6.07 Å². The van der Waals surface area contributed by atoms with Gasteiger partial charge in [-0.15, -0.1) is 0 Å². The fourth-order valence-corrected chi connectivity index (χ4v) is 3.01. The molecule has 0 aromatic carbocycles. The third kappa shape index (κ3) is 2.42. The van der Waals surface area contributed by atoms with E-state index in [1.807, 2.05) is 6.07 Å². The van der Waals surface area contributed by atoms with Crippen LogP contribution in [0.3, 0.4) is 0 Å². The number of aromatic nitrogens is 2. The Balaban J connectivity index is 1.86. The van der Waals surface area contributed by atoms with Crippen LogP contribution >= 0.6 is 0 Å². The van der Waals surface area contributed by atoms with Crippen molar-refractivity contribution < 1.29 is 0 Å². The van der Waals surface area contributed by atoms with E-state index in [0.29, 0.717) is 11.7 Å². The zero-order chi connectivity index (χ0) is 12.7. The van der Waals surface area contributed by atoms with E-state index in [2.05, 4.69) is 23.7 Å². The Bertz CT molecular complexity index is 431. The Hall–Kier alpha value is -1.32. The quantitative estimate of drug-likeness (QED) is 0.870. The Labute approximate surface area is 109 Å². The lowest BCUT2D eigenvalue weighted by Crippen LogP contribution is -2.39. The lowest BCUT2D eigenvalue weighted by molar-refractivity contribution is 0.355. The number of hydrogen-bond acceptors (Lipinski definition) is 4. The highest BCUT2D eigenvalue weighted by Gasteiger charge is 2.29. The molecule has 0 spiro atoms. The van der Waals surface area contributed by atoms with Gasteiger partial charge in [-0.05, 0) is 31.1 Å². The van der Waals surface area contributed by atoms with Gasteiger partial charge in [0.15, 0.2) is 0 Å². The van der Waals surface area contributed by atoms with Crippen LogP contribution in [0.5, 0.6) is 0 Å². The van der Waals surface area contributed by atoms with Gasteiger partial charge < -0.3 is 10.6 Å². The molecule has 0 radical (unpaired) electrons. The fourth-order valence-electron chi connectivity index (χ4n) is 3.01. The summed E-state index contributed by atoms with van der Waals surface area (Å²) >= 11 is 0. The van der Waals surface area contributed by atoms with E-state index in [1.165, 1.54) is 19.3 Å². The molecule has 18 heavy (non-hydrogen) atoms. The maximum Gasteiger partial charge on any atom is 0.136 e. The van der Waals surface area contributed by atoms with Crippen LogP contribution in [-0.2, 0) is 0 Å². The number of nitrogens with two attached hydrogens (primary N) is 1. The summed E-state index contributed by atoms with van der Waals surface area (Å²) in [6.07, 6.45) is 3.75. The summed E-state index contributed by atoms with van der Waals surface area (Å²) in [6, 6.07) is 1.93. The van der Waals surface area contributed by atoms with E-state index in [9.17, 15) is 0 Å². The molecule has 0 amide bonds. The molecule has 3 rings (SSSR count).